The first-order chi connectivity index (χ1) is 13.0. The lowest BCUT2D eigenvalue weighted by Gasteiger charge is -2.33. The molecule has 0 radical (unpaired) electrons. The van der Waals surface area contributed by atoms with Crippen molar-refractivity contribution in [3.05, 3.63) is 48.3 Å². The molecule has 3 aromatic rings. The summed E-state index contributed by atoms with van der Waals surface area (Å²) in [6, 6.07) is 5.71. The number of piperidine rings is 1. The van der Waals surface area contributed by atoms with Crippen molar-refractivity contribution in [3.63, 3.8) is 0 Å². The van der Waals surface area contributed by atoms with Gasteiger partial charge in [0.2, 0.25) is 0 Å². The topological polar surface area (TPSA) is 92.0 Å². The van der Waals surface area contributed by atoms with E-state index in [1.54, 1.807) is 12.3 Å². The fourth-order valence-electron chi connectivity index (χ4n) is 3.75. The summed E-state index contributed by atoms with van der Waals surface area (Å²) in [6.45, 7) is 1.23. The summed E-state index contributed by atoms with van der Waals surface area (Å²) in [5, 5.41) is 17.7. The number of imidazole rings is 1. The van der Waals surface area contributed by atoms with Gasteiger partial charge in [-0.2, -0.15) is 5.10 Å². The molecule has 1 amide bonds. The van der Waals surface area contributed by atoms with Crippen molar-refractivity contribution in [2.45, 2.75) is 18.9 Å². The summed E-state index contributed by atoms with van der Waals surface area (Å²) < 4.78 is 3.81. The zero-order valence-corrected chi connectivity index (χ0v) is 15.5. The second kappa shape index (κ2) is 7.03. The van der Waals surface area contributed by atoms with Crippen molar-refractivity contribution in [2.24, 2.45) is 20.0 Å². The van der Waals surface area contributed by atoms with Crippen molar-refractivity contribution in [2.75, 3.05) is 13.1 Å². The van der Waals surface area contributed by atoms with Gasteiger partial charge in [-0.3, -0.25) is 9.89 Å². The summed E-state index contributed by atoms with van der Waals surface area (Å²) in [6.07, 6.45) is 6.37. The highest BCUT2D eigenvalue weighted by molar-refractivity contribution is 5.93. The third-order valence-corrected chi connectivity index (χ3v) is 5.41. The number of aryl methyl sites for hydroxylation is 2. The molecule has 1 saturated heterocycles. The minimum Gasteiger partial charge on any atom is -0.385 e. The Morgan fingerprint density at radius 3 is 2.67 bits per heavy atom. The molecule has 0 bridgehead atoms. The Balaban J connectivity index is 1.40. The monoisotopic (exact) mass is 368 g/mol. The first-order valence-corrected chi connectivity index (χ1v) is 9.16. The van der Waals surface area contributed by atoms with Crippen molar-refractivity contribution < 1.29 is 9.90 Å². The first kappa shape index (κ1) is 17.5. The molecule has 1 unspecified atom stereocenters. The van der Waals surface area contributed by atoms with Crippen LogP contribution in [0.5, 0.6) is 0 Å². The van der Waals surface area contributed by atoms with E-state index in [1.165, 1.54) is 0 Å². The Labute approximate surface area is 157 Å². The van der Waals surface area contributed by atoms with Crippen LogP contribution >= 0.6 is 0 Å². The Kier molecular flexibility index (Phi) is 4.57. The molecule has 0 aromatic carbocycles. The van der Waals surface area contributed by atoms with Gasteiger partial charge in [0, 0.05) is 45.8 Å². The molecule has 2 N–H and O–H groups in total. The van der Waals surface area contributed by atoms with E-state index in [0.29, 0.717) is 24.6 Å². The number of likely N-dealkylation sites (tertiary alicyclic amines) is 1. The van der Waals surface area contributed by atoms with Crippen LogP contribution in [0.1, 0.15) is 35.3 Å². The van der Waals surface area contributed by atoms with Crippen LogP contribution < -0.4 is 0 Å². The second-order valence-electron chi connectivity index (χ2n) is 7.14. The van der Waals surface area contributed by atoms with E-state index in [9.17, 15) is 9.90 Å². The number of hydrogen-bond acceptors (Lipinski definition) is 4. The van der Waals surface area contributed by atoms with Gasteiger partial charge in [-0.15, -0.1) is 0 Å². The molecule has 1 aliphatic rings. The zero-order chi connectivity index (χ0) is 19.0. The van der Waals surface area contributed by atoms with E-state index in [1.807, 2.05) is 52.7 Å². The number of hydrogen-bond donors (Lipinski definition) is 2. The van der Waals surface area contributed by atoms with Gasteiger partial charge in [0.05, 0.1) is 5.69 Å². The minimum absolute atomic E-state index is 0.0482. The van der Waals surface area contributed by atoms with Crippen LogP contribution in [-0.4, -0.2) is 53.3 Å². The molecule has 1 atom stereocenters. The zero-order valence-electron chi connectivity index (χ0n) is 15.5. The molecule has 0 saturated carbocycles. The van der Waals surface area contributed by atoms with Gasteiger partial charge in [0.1, 0.15) is 23.3 Å². The maximum Gasteiger partial charge on any atom is 0.271 e. The van der Waals surface area contributed by atoms with E-state index >= 15 is 0 Å². The van der Waals surface area contributed by atoms with E-state index in [2.05, 4.69) is 15.2 Å². The standard InChI is InChI=1S/C19H24N6O2/c1-23-8-3-4-16(23)14-12-15(22-21-14)19(27)25-9-5-13(6-10-25)17(26)18-20-7-11-24(18)2/h3-4,7-8,11-13,17,26H,5-6,9-10H2,1-2H3,(H,21,22). The molecular formula is C19H24N6O2. The number of aromatic amines is 1. The van der Waals surface area contributed by atoms with Crippen LogP contribution in [0.4, 0.5) is 0 Å². The molecule has 8 heteroatoms. The number of nitrogens with zero attached hydrogens (tertiary/aromatic N) is 5. The van der Waals surface area contributed by atoms with Crippen LogP contribution in [0.25, 0.3) is 11.4 Å². The number of H-pyrrole nitrogens is 1. The molecule has 0 spiro atoms. The molecule has 4 rings (SSSR count). The Morgan fingerprint density at radius 1 is 1.26 bits per heavy atom. The third-order valence-electron chi connectivity index (χ3n) is 5.41. The van der Waals surface area contributed by atoms with Crippen LogP contribution in [0.2, 0.25) is 0 Å². The highest BCUT2D eigenvalue weighted by Crippen LogP contribution is 2.30. The lowest BCUT2D eigenvalue weighted by molar-refractivity contribution is 0.0417. The number of rotatable bonds is 4. The number of carbonyl (C=O) groups excluding carboxylic acids is 1. The number of aliphatic hydroxyl groups excluding tert-OH is 1. The van der Waals surface area contributed by atoms with Gasteiger partial charge in [-0.25, -0.2) is 4.98 Å². The largest absolute Gasteiger partial charge is 0.385 e. The van der Waals surface area contributed by atoms with E-state index < -0.39 is 6.10 Å². The van der Waals surface area contributed by atoms with Crippen LogP contribution in [-0.2, 0) is 14.1 Å². The molecule has 0 aliphatic carbocycles. The van der Waals surface area contributed by atoms with Crippen molar-refractivity contribution in [3.8, 4) is 11.4 Å². The quantitative estimate of drug-likeness (QED) is 0.734. The van der Waals surface area contributed by atoms with E-state index in [4.69, 9.17) is 0 Å². The average molecular weight is 368 g/mol. The van der Waals surface area contributed by atoms with Gasteiger partial charge < -0.3 is 19.1 Å². The molecule has 3 aromatic heterocycles. The second-order valence-corrected chi connectivity index (χ2v) is 7.14. The summed E-state index contributed by atoms with van der Waals surface area (Å²) >= 11 is 0. The van der Waals surface area contributed by atoms with Crippen LogP contribution in [0, 0.1) is 5.92 Å². The molecule has 4 heterocycles. The fourth-order valence-corrected chi connectivity index (χ4v) is 3.75. The summed E-state index contributed by atoms with van der Waals surface area (Å²) in [7, 11) is 3.83. The highest BCUT2D eigenvalue weighted by atomic mass is 16.3. The number of aliphatic hydroxyl groups is 1. The molecule has 1 aliphatic heterocycles. The van der Waals surface area contributed by atoms with Gasteiger partial charge in [-0.05, 0) is 37.0 Å². The number of nitrogens with one attached hydrogen (secondary N) is 1. The predicted molar refractivity (Wildman–Crippen MR) is 99.8 cm³/mol. The molecule has 142 valence electrons. The number of aromatic nitrogens is 5. The third kappa shape index (κ3) is 3.28. The van der Waals surface area contributed by atoms with Gasteiger partial charge in [0.15, 0.2) is 0 Å². The van der Waals surface area contributed by atoms with Crippen molar-refractivity contribution in [1.82, 2.24) is 29.2 Å². The van der Waals surface area contributed by atoms with Gasteiger partial charge in [0.25, 0.3) is 5.91 Å². The Bertz CT molecular complexity index is 932. The normalized spacial score (nSPS) is 16.6. The summed E-state index contributed by atoms with van der Waals surface area (Å²) in [5.41, 5.74) is 2.21. The SMILES string of the molecule is Cn1cccc1-c1cc(C(=O)N2CCC(C(O)c3nccn3C)CC2)[nH]n1. The van der Waals surface area contributed by atoms with Crippen LogP contribution in [0.3, 0.4) is 0 Å². The lowest BCUT2D eigenvalue weighted by atomic mass is 9.90. The van der Waals surface area contributed by atoms with E-state index in [0.717, 1.165) is 24.2 Å². The molecular weight excluding hydrogens is 344 g/mol. The fraction of sp³-hybridized carbons (Fsp3) is 0.421. The van der Waals surface area contributed by atoms with Gasteiger partial charge in [-0.1, -0.05) is 0 Å². The Morgan fingerprint density at radius 2 is 2.04 bits per heavy atom. The van der Waals surface area contributed by atoms with E-state index in [-0.39, 0.29) is 11.8 Å². The lowest BCUT2D eigenvalue weighted by Crippen LogP contribution is -2.40. The van der Waals surface area contributed by atoms with Crippen molar-refractivity contribution >= 4 is 5.91 Å². The minimum atomic E-state index is -0.599. The predicted octanol–water partition coefficient (Wildman–Crippen LogP) is 1.73. The molecule has 1 fully saturated rings. The first-order valence-electron chi connectivity index (χ1n) is 9.16. The number of amides is 1. The Hall–Kier alpha value is -2.87. The highest BCUT2D eigenvalue weighted by Gasteiger charge is 2.31. The average Bonchev–Trinajstić information content (AvgIpc) is 3.41. The molecule has 27 heavy (non-hydrogen) atoms. The van der Waals surface area contributed by atoms with Crippen LogP contribution in [0.15, 0.2) is 36.8 Å². The molecule has 8 nitrogen and oxygen atoms in total. The maximum atomic E-state index is 12.8. The summed E-state index contributed by atoms with van der Waals surface area (Å²) in [5.74, 6) is 0.740. The van der Waals surface area contributed by atoms with Gasteiger partial charge >= 0.3 is 0 Å². The maximum absolute atomic E-state index is 12.8. The smallest absolute Gasteiger partial charge is 0.271 e. The summed E-state index contributed by atoms with van der Waals surface area (Å²) in [4.78, 5) is 18.9. The van der Waals surface area contributed by atoms with Crippen molar-refractivity contribution in [1.29, 1.82) is 0 Å². The number of carbonyl (C=O) groups is 1.